The largest absolute Gasteiger partial charge is 0.471 e. The number of alkyl halides is 2. The molecule has 0 saturated carbocycles. The Morgan fingerprint density at radius 3 is 2.50 bits per heavy atom. The minimum atomic E-state index is -3.18. The molecule has 1 heterocycles. The molecule has 1 N–H and O–H groups in total. The molecule has 1 aromatic heterocycles. The zero-order valence-electron chi connectivity index (χ0n) is 14.1. The first-order chi connectivity index (χ1) is 13.4. The molecule has 10 heteroatoms. The summed E-state index contributed by atoms with van der Waals surface area (Å²) in [5, 5.41) is 6.32. The van der Waals surface area contributed by atoms with Gasteiger partial charge < -0.3 is 14.8 Å². The lowest BCUT2D eigenvalue weighted by molar-refractivity contribution is -0.0495. The van der Waals surface area contributed by atoms with E-state index in [2.05, 4.69) is 15.2 Å². The fraction of sp³-hybridized carbons (Fsp3) is 0.111. The predicted molar refractivity (Wildman–Crippen MR) is 90.2 cm³/mol. The Hall–Kier alpha value is -3.56. The van der Waals surface area contributed by atoms with E-state index in [4.69, 9.17) is 4.74 Å². The number of ether oxygens (including phenoxy) is 2. The van der Waals surface area contributed by atoms with Gasteiger partial charge in [-0.3, -0.25) is 4.79 Å². The van der Waals surface area contributed by atoms with Gasteiger partial charge in [-0.25, -0.2) is 13.5 Å². The van der Waals surface area contributed by atoms with Gasteiger partial charge in [-0.15, -0.1) is 0 Å². The second-order valence-electron chi connectivity index (χ2n) is 5.44. The third kappa shape index (κ3) is 5.00. The minimum absolute atomic E-state index is 0.0324. The van der Waals surface area contributed by atoms with Crippen LogP contribution in [-0.2, 0) is 6.73 Å². The number of anilines is 1. The van der Waals surface area contributed by atoms with Crippen LogP contribution in [0.2, 0.25) is 0 Å². The van der Waals surface area contributed by atoms with Gasteiger partial charge in [0, 0.05) is 12.3 Å². The first-order valence-electron chi connectivity index (χ1n) is 7.88. The standard InChI is InChI=1S/C18H13F4N3O3/c19-11-1-4-13(5-2-11)27-10-25-8-7-15(24-25)17(26)23-14-6-3-12(20)9-16(14)28-18(21)22/h1-9,18H,10H2,(H,23,26). The molecule has 0 saturated heterocycles. The molecule has 28 heavy (non-hydrogen) atoms. The van der Waals surface area contributed by atoms with Crippen LogP contribution in [0.3, 0.4) is 0 Å². The van der Waals surface area contributed by atoms with Crippen molar-refractivity contribution in [3.8, 4) is 11.5 Å². The maximum Gasteiger partial charge on any atom is 0.387 e. The smallest absolute Gasteiger partial charge is 0.387 e. The van der Waals surface area contributed by atoms with Gasteiger partial charge in [0.2, 0.25) is 0 Å². The maximum absolute atomic E-state index is 13.2. The monoisotopic (exact) mass is 395 g/mol. The SMILES string of the molecule is O=C(Nc1ccc(F)cc1OC(F)F)c1ccn(COc2ccc(F)cc2)n1. The number of aromatic nitrogens is 2. The van der Waals surface area contributed by atoms with Gasteiger partial charge in [-0.1, -0.05) is 0 Å². The van der Waals surface area contributed by atoms with Crippen LogP contribution < -0.4 is 14.8 Å². The van der Waals surface area contributed by atoms with Gasteiger partial charge in [0.15, 0.2) is 18.2 Å². The summed E-state index contributed by atoms with van der Waals surface area (Å²) in [5.41, 5.74) is -0.168. The number of carbonyl (C=O) groups is 1. The molecule has 0 aliphatic rings. The third-order valence-corrected chi connectivity index (χ3v) is 3.46. The van der Waals surface area contributed by atoms with E-state index in [9.17, 15) is 22.4 Å². The molecule has 3 aromatic rings. The Morgan fingerprint density at radius 1 is 1.07 bits per heavy atom. The van der Waals surface area contributed by atoms with Crippen molar-refractivity contribution in [2.75, 3.05) is 5.32 Å². The minimum Gasteiger partial charge on any atom is -0.471 e. The summed E-state index contributed by atoms with van der Waals surface area (Å²) in [4.78, 5) is 12.3. The zero-order chi connectivity index (χ0) is 20.1. The number of hydrogen-bond donors (Lipinski definition) is 1. The van der Waals surface area contributed by atoms with Crippen LogP contribution in [0.5, 0.6) is 11.5 Å². The number of benzene rings is 2. The molecule has 0 bridgehead atoms. The van der Waals surface area contributed by atoms with Gasteiger partial charge in [-0.05, 0) is 42.5 Å². The number of amides is 1. The molecule has 0 aliphatic carbocycles. The van der Waals surface area contributed by atoms with Crippen molar-refractivity contribution in [1.82, 2.24) is 9.78 Å². The van der Waals surface area contributed by atoms with Crippen LogP contribution in [0.4, 0.5) is 23.2 Å². The summed E-state index contributed by atoms with van der Waals surface area (Å²) in [6.07, 6.45) is 1.46. The van der Waals surface area contributed by atoms with E-state index in [-0.39, 0.29) is 18.1 Å². The molecular formula is C18H13F4N3O3. The highest BCUT2D eigenvalue weighted by Gasteiger charge is 2.16. The highest BCUT2D eigenvalue weighted by molar-refractivity contribution is 6.03. The third-order valence-electron chi connectivity index (χ3n) is 3.46. The normalized spacial score (nSPS) is 10.8. The van der Waals surface area contributed by atoms with Gasteiger partial charge in [-0.2, -0.15) is 13.9 Å². The van der Waals surface area contributed by atoms with Crippen molar-refractivity contribution in [3.63, 3.8) is 0 Å². The summed E-state index contributed by atoms with van der Waals surface area (Å²) < 4.78 is 61.8. The molecule has 0 radical (unpaired) electrons. The highest BCUT2D eigenvalue weighted by atomic mass is 19.3. The summed E-state index contributed by atoms with van der Waals surface area (Å²) >= 11 is 0. The predicted octanol–water partition coefficient (Wildman–Crippen LogP) is 4.05. The Kier molecular flexibility index (Phi) is 5.78. The number of carbonyl (C=O) groups excluding carboxylic acids is 1. The Bertz CT molecular complexity index is 961. The first kappa shape index (κ1) is 19.2. The fourth-order valence-electron chi connectivity index (χ4n) is 2.21. The van der Waals surface area contributed by atoms with Crippen molar-refractivity contribution in [2.24, 2.45) is 0 Å². The molecule has 3 rings (SSSR count). The Morgan fingerprint density at radius 2 is 1.79 bits per heavy atom. The lowest BCUT2D eigenvalue weighted by atomic mass is 10.2. The number of rotatable bonds is 7. The molecule has 0 spiro atoms. The average molecular weight is 395 g/mol. The van der Waals surface area contributed by atoms with Crippen LogP contribution in [0, 0.1) is 11.6 Å². The first-order valence-corrected chi connectivity index (χ1v) is 7.88. The molecule has 0 unspecified atom stereocenters. The van der Waals surface area contributed by atoms with Gasteiger partial charge in [0.05, 0.1) is 5.69 Å². The Labute approximate surface area is 156 Å². The van der Waals surface area contributed by atoms with Crippen LogP contribution in [0.15, 0.2) is 54.7 Å². The van der Waals surface area contributed by atoms with Crippen molar-refractivity contribution < 1.29 is 31.8 Å². The maximum atomic E-state index is 13.2. The number of nitrogens with zero attached hydrogens (tertiary/aromatic N) is 2. The summed E-state index contributed by atoms with van der Waals surface area (Å²) in [6, 6.07) is 9.54. The zero-order valence-corrected chi connectivity index (χ0v) is 14.1. The summed E-state index contributed by atoms with van der Waals surface area (Å²) in [7, 11) is 0. The topological polar surface area (TPSA) is 65.4 Å². The lowest BCUT2D eigenvalue weighted by Crippen LogP contribution is -2.15. The number of halogens is 4. The molecule has 0 atom stereocenters. The molecular weight excluding hydrogens is 382 g/mol. The number of nitrogens with one attached hydrogen (secondary N) is 1. The molecule has 2 aromatic carbocycles. The van der Waals surface area contributed by atoms with Crippen molar-refractivity contribution >= 4 is 11.6 Å². The van der Waals surface area contributed by atoms with Gasteiger partial charge in [0.1, 0.15) is 17.4 Å². The highest BCUT2D eigenvalue weighted by Crippen LogP contribution is 2.27. The second-order valence-corrected chi connectivity index (χ2v) is 5.44. The van der Waals surface area contributed by atoms with Crippen molar-refractivity contribution in [2.45, 2.75) is 13.3 Å². The van der Waals surface area contributed by atoms with Crippen LogP contribution >= 0.6 is 0 Å². The van der Waals surface area contributed by atoms with E-state index in [0.717, 1.165) is 18.2 Å². The van der Waals surface area contributed by atoms with Crippen LogP contribution in [-0.4, -0.2) is 22.3 Å². The number of hydrogen-bond acceptors (Lipinski definition) is 4. The van der Waals surface area contributed by atoms with Gasteiger partial charge >= 0.3 is 6.61 Å². The van der Waals surface area contributed by atoms with E-state index in [0.29, 0.717) is 5.75 Å². The van der Waals surface area contributed by atoms with E-state index in [1.807, 2.05) is 0 Å². The second kappa shape index (κ2) is 8.42. The van der Waals surface area contributed by atoms with Crippen molar-refractivity contribution in [3.05, 3.63) is 72.1 Å². The average Bonchev–Trinajstić information content (AvgIpc) is 3.12. The molecule has 6 nitrogen and oxygen atoms in total. The van der Waals surface area contributed by atoms with E-state index < -0.39 is 29.9 Å². The summed E-state index contributed by atoms with van der Waals surface area (Å²) in [5.74, 6) is -2.02. The summed E-state index contributed by atoms with van der Waals surface area (Å²) in [6.45, 7) is -3.23. The van der Waals surface area contributed by atoms with E-state index >= 15 is 0 Å². The van der Waals surface area contributed by atoms with Crippen LogP contribution in [0.25, 0.3) is 0 Å². The quantitative estimate of drug-likeness (QED) is 0.613. The fourth-order valence-corrected chi connectivity index (χ4v) is 2.21. The van der Waals surface area contributed by atoms with Crippen molar-refractivity contribution in [1.29, 1.82) is 0 Å². The molecule has 0 fully saturated rings. The van der Waals surface area contributed by atoms with E-state index in [1.54, 1.807) is 0 Å². The molecule has 146 valence electrons. The van der Waals surface area contributed by atoms with Gasteiger partial charge in [0.25, 0.3) is 5.91 Å². The lowest BCUT2D eigenvalue weighted by Gasteiger charge is -2.11. The van der Waals surface area contributed by atoms with Crippen LogP contribution in [0.1, 0.15) is 10.5 Å². The van der Waals surface area contributed by atoms with E-state index in [1.165, 1.54) is 41.2 Å². The molecule has 0 aliphatic heterocycles. The molecule has 1 amide bonds. The Balaban J connectivity index is 1.65.